The van der Waals surface area contributed by atoms with Crippen LogP contribution in [0.1, 0.15) is 49.1 Å². The number of ether oxygens (including phenoxy) is 3. The second kappa shape index (κ2) is 18.3. The quantitative estimate of drug-likeness (QED) is 0.0759. The minimum absolute atomic E-state index is 0. The number of hydrogen-bond donors (Lipinski definition) is 0. The van der Waals surface area contributed by atoms with Gasteiger partial charge in [0.15, 0.2) is 16.6 Å². The van der Waals surface area contributed by atoms with E-state index in [-0.39, 0.29) is 55.1 Å². The first-order valence-electron chi connectivity index (χ1n) is 11.5. The summed E-state index contributed by atoms with van der Waals surface area (Å²) >= 11 is 0. The van der Waals surface area contributed by atoms with Crippen molar-refractivity contribution in [2.75, 3.05) is 19.8 Å². The minimum atomic E-state index is -2.66. The summed E-state index contributed by atoms with van der Waals surface area (Å²) in [4.78, 5) is 24.3. The first kappa shape index (κ1) is 43.1. The molecule has 1 aromatic rings. The molecule has 1 rings (SSSR count). The average Bonchev–Trinajstić information content (AvgIpc) is 2.68. The van der Waals surface area contributed by atoms with Crippen LogP contribution in [0.4, 0.5) is 0 Å². The predicted octanol–water partition coefficient (Wildman–Crippen LogP) is 7.99. The molecule has 7 nitrogen and oxygen atoms in total. The summed E-state index contributed by atoms with van der Waals surface area (Å²) in [7, 11) is -6.37. The highest BCUT2D eigenvalue weighted by molar-refractivity contribution is 6.90. The lowest BCUT2D eigenvalue weighted by atomic mass is 10.1. The number of carbonyl (C=O) groups is 2. The molecule has 222 valence electrons. The van der Waals surface area contributed by atoms with Crippen LogP contribution < -0.4 is 4.74 Å². The van der Waals surface area contributed by atoms with Crippen molar-refractivity contribution in [3.05, 3.63) is 47.2 Å². The van der Waals surface area contributed by atoms with E-state index in [1.54, 1.807) is 38.1 Å². The monoisotopic (exact) mass is 588 g/mol. The van der Waals surface area contributed by atoms with Gasteiger partial charge in [-0.05, 0) is 83.4 Å². The fourth-order valence-corrected chi connectivity index (χ4v) is 14.5. The Morgan fingerprint density at radius 3 is 1.50 bits per heavy atom. The summed E-state index contributed by atoms with van der Waals surface area (Å²) in [6.45, 7) is 23.2. The van der Waals surface area contributed by atoms with Crippen molar-refractivity contribution in [1.82, 2.24) is 0 Å². The van der Waals surface area contributed by atoms with Crippen molar-refractivity contribution in [1.29, 1.82) is 0 Å². The van der Waals surface area contributed by atoms with Gasteiger partial charge in [0, 0.05) is 5.20 Å². The first-order chi connectivity index (χ1) is 15.6. The van der Waals surface area contributed by atoms with Gasteiger partial charge in [0.1, 0.15) is 17.9 Å². The molecule has 1 aromatic carbocycles. The van der Waals surface area contributed by atoms with Crippen LogP contribution in [0.25, 0.3) is 6.08 Å². The molecule has 10 heteroatoms. The SMILES string of the molecule is C.C.C.C.C=C(COc1ccc(C=C(C(=O)OCC)C(=O)OCC)cc1)[Si](C)(O[Si](C)(C)C)O[Si](C)(C)C. The predicted molar refractivity (Wildman–Crippen MR) is 170 cm³/mol. The summed E-state index contributed by atoms with van der Waals surface area (Å²) in [5.74, 6) is -0.803. The molecule has 0 aliphatic carbocycles. The molecule has 0 atom stereocenters. The molecular formula is C28H56O7Si3. The second-order valence-corrected chi connectivity index (χ2v) is 22.5. The Bertz CT molecular complexity index is 847. The van der Waals surface area contributed by atoms with Crippen molar-refractivity contribution >= 4 is 43.2 Å². The third kappa shape index (κ3) is 15.4. The van der Waals surface area contributed by atoms with Crippen LogP contribution >= 0.6 is 0 Å². The Morgan fingerprint density at radius 2 is 1.16 bits per heavy atom. The van der Waals surface area contributed by atoms with Crippen molar-refractivity contribution in [2.45, 2.75) is 89.4 Å². The van der Waals surface area contributed by atoms with Crippen LogP contribution in [0.15, 0.2) is 41.6 Å². The second-order valence-electron chi connectivity index (χ2n) is 9.83. The van der Waals surface area contributed by atoms with Gasteiger partial charge in [0.05, 0.1) is 13.2 Å². The fraction of sp³-hybridized carbons (Fsp3) is 0.571. The molecule has 0 bridgehead atoms. The third-order valence-corrected chi connectivity index (χ3v) is 13.7. The molecular weight excluding hydrogens is 533 g/mol. The highest BCUT2D eigenvalue weighted by Crippen LogP contribution is 2.27. The van der Waals surface area contributed by atoms with Gasteiger partial charge in [-0.2, -0.15) is 0 Å². The molecule has 0 fully saturated rings. The zero-order valence-electron chi connectivity index (χ0n) is 22.1. The summed E-state index contributed by atoms with van der Waals surface area (Å²) in [6, 6.07) is 7.05. The number of esters is 2. The van der Waals surface area contributed by atoms with Crippen LogP contribution in [0, 0.1) is 0 Å². The molecule has 38 heavy (non-hydrogen) atoms. The van der Waals surface area contributed by atoms with E-state index in [9.17, 15) is 9.59 Å². The molecule has 0 heterocycles. The minimum Gasteiger partial charge on any atom is -0.489 e. The van der Waals surface area contributed by atoms with Gasteiger partial charge in [-0.1, -0.05) is 48.4 Å². The summed E-state index contributed by atoms with van der Waals surface area (Å²) < 4.78 is 29.0. The third-order valence-electron chi connectivity index (χ3n) is 4.24. The van der Waals surface area contributed by atoms with E-state index in [1.807, 2.05) is 0 Å². The van der Waals surface area contributed by atoms with Crippen molar-refractivity contribution < 1.29 is 32.0 Å². The normalized spacial score (nSPS) is 10.8. The Kier molecular flexibility index (Phi) is 20.8. The largest absolute Gasteiger partial charge is 0.489 e. The Balaban J connectivity index is -0.00000144. The van der Waals surface area contributed by atoms with Gasteiger partial charge >= 0.3 is 20.5 Å². The molecule has 0 N–H and O–H groups in total. The summed E-state index contributed by atoms with van der Waals surface area (Å²) in [5.41, 5.74) is 0.491. The molecule has 0 aliphatic rings. The molecule has 0 amide bonds. The lowest BCUT2D eigenvalue weighted by molar-refractivity contribution is -0.146. The van der Waals surface area contributed by atoms with Gasteiger partial charge in [-0.25, -0.2) is 9.59 Å². The lowest BCUT2D eigenvalue weighted by Crippen LogP contribution is -2.54. The van der Waals surface area contributed by atoms with Crippen molar-refractivity contribution in [2.24, 2.45) is 0 Å². The standard InChI is InChI=1S/C24H40O7Si3.4CH4/c1-11-27-23(25)22(24(26)28-12-2)17-20-13-15-21(16-14-20)29-18-19(3)34(10,30-32(4,5)6)31-33(7,8)9;;;;/h13-17H,3,11-12,18H2,1-2,4-10H3;4*1H4. The van der Waals surface area contributed by atoms with Gasteiger partial charge in [0.2, 0.25) is 0 Å². The van der Waals surface area contributed by atoms with Crippen molar-refractivity contribution in [3.63, 3.8) is 0 Å². The van der Waals surface area contributed by atoms with E-state index in [0.717, 1.165) is 5.20 Å². The van der Waals surface area contributed by atoms with Crippen LogP contribution in [-0.4, -0.2) is 57.0 Å². The van der Waals surface area contributed by atoms with E-state index in [2.05, 4.69) is 52.4 Å². The van der Waals surface area contributed by atoms with Crippen molar-refractivity contribution in [3.8, 4) is 5.75 Å². The molecule has 0 saturated carbocycles. The number of rotatable bonds is 13. The molecule has 0 unspecified atom stereocenters. The van der Waals surface area contributed by atoms with E-state index in [4.69, 9.17) is 22.4 Å². The van der Waals surface area contributed by atoms with Crippen LogP contribution in [0.3, 0.4) is 0 Å². The summed E-state index contributed by atoms with van der Waals surface area (Å²) in [6.07, 6.45) is 1.45. The Morgan fingerprint density at radius 1 is 0.763 bits per heavy atom. The van der Waals surface area contributed by atoms with E-state index in [1.165, 1.54) is 6.08 Å². The molecule has 0 aromatic heterocycles. The van der Waals surface area contributed by atoms with E-state index >= 15 is 0 Å². The maximum atomic E-state index is 12.2. The number of hydrogen-bond acceptors (Lipinski definition) is 7. The maximum Gasteiger partial charge on any atom is 0.347 e. The summed E-state index contributed by atoms with van der Waals surface area (Å²) in [5, 5.41) is 0.841. The van der Waals surface area contributed by atoms with Crippen LogP contribution in [0.2, 0.25) is 45.8 Å². The Hall–Kier alpha value is -1.99. The topological polar surface area (TPSA) is 80.3 Å². The number of benzene rings is 1. The lowest BCUT2D eigenvalue weighted by Gasteiger charge is -2.39. The van der Waals surface area contributed by atoms with Crippen LogP contribution in [-0.2, 0) is 27.3 Å². The highest BCUT2D eigenvalue weighted by atomic mass is 28.5. The average molecular weight is 589 g/mol. The Labute approximate surface area is 237 Å². The van der Waals surface area contributed by atoms with Gasteiger partial charge in [0.25, 0.3) is 0 Å². The van der Waals surface area contributed by atoms with Gasteiger partial charge in [-0.15, -0.1) is 0 Å². The maximum absolute atomic E-state index is 12.2. The highest BCUT2D eigenvalue weighted by Gasteiger charge is 2.43. The zero-order valence-corrected chi connectivity index (χ0v) is 25.1. The van der Waals surface area contributed by atoms with E-state index in [0.29, 0.717) is 11.3 Å². The zero-order chi connectivity index (χ0) is 26.2. The number of carbonyl (C=O) groups excluding carboxylic acids is 2. The van der Waals surface area contributed by atoms with Gasteiger partial charge < -0.3 is 22.4 Å². The molecule has 0 aliphatic heterocycles. The van der Waals surface area contributed by atoms with E-state index < -0.39 is 37.1 Å². The van der Waals surface area contributed by atoms with Crippen LogP contribution in [0.5, 0.6) is 5.75 Å². The fourth-order valence-electron chi connectivity index (χ4n) is 3.08. The molecule has 0 saturated heterocycles. The molecule has 0 radical (unpaired) electrons. The first-order valence-corrected chi connectivity index (χ1v) is 20.6. The van der Waals surface area contributed by atoms with Gasteiger partial charge in [-0.3, -0.25) is 0 Å². The molecule has 0 spiro atoms. The smallest absolute Gasteiger partial charge is 0.347 e.